The Morgan fingerprint density at radius 3 is 2.41 bits per heavy atom. The van der Waals surface area contributed by atoms with E-state index in [-0.39, 0.29) is 11.6 Å². The van der Waals surface area contributed by atoms with Crippen molar-refractivity contribution >= 4 is 40.5 Å². The summed E-state index contributed by atoms with van der Waals surface area (Å²) in [5.74, 6) is -1.37. The van der Waals surface area contributed by atoms with E-state index in [1.165, 1.54) is 18.3 Å². The van der Waals surface area contributed by atoms with Gasteiger partial charge >= 0.3 is 5.97 Å². The highest BCUT2D eigenvalue weighted by Crippen LogP contribution is 2.24. The predicted molar refractivity (Wildman–Crippen MR) is 112 cm³/mol. The Hall–Kier alpha value is -3.52. The molecule has 3 aromatic rings. The van der Waals surface area contributed by atoms with Crippen LogP contribution in [0.1, 0.15) is 23.0 Å². The molecule has 2 N–H and O–H groups in total. The van der Waals surface area contributed by atoms with Crippen molar-refractivity contribution < 1.29 is 19.1 Å². The molecular weight excluding hydrogens is 390 g/mol. The second-order valence-electron chi connectivity index (χ2n) is 6.29. The molecule has 29 heavy (non-hydrogen) atoms. The zero-order valence-corrected chi connectivity index (χ0v) is 16.7. The number of aryl methyl sites for hydroxylation is 1. The van der Waals surface area contributed by atoms with Crippen LogP contribution in [-0.2, 0) is 14.3 Å². The van der Waals surface area contributed by atoms with E-state index in [1.807, 2.05) is 31.2 Å². The fraction of sp³-hybridized carbons (Fsp3) is 0.143. The van der Waals surface area contributed by atoms with Crippen molar-refractivity contribution in [2.45, 2.75) is 13.8 Å². The van der Waals surface area contributed by atoms with E-state index in [0.717, 1.165) is 11.1 Å². The van der Waals surface area contributed by atoms with Crippen molar-refractivity contribution in [3.63, 3.8) is 0 Å². The van der Waals surface area contributed by atoms with Crippen LogP contribution in [0.4, 0.5) is 11.4 Å². The summed E-state index contributed by atoms with van der Waals surface area (Å²) < 4.78 is 5.05. The molecule has 0 aliphatic heterocycles. The predicted octanol–water partition coefficient (Wildman–Crippen LogP) is 3.87. The van der Waals surface area contributed by atoms with Crippen molar-refractivity contribution in [1.29, 1.82) is 0 Å². The van der Waals surface area contributed by atoms with Gasteiger partial charge in [0.15, 0.2) is 12.3 Å². The number of rotatable bonds is 6. The smallest absolute Gasteiger partial charge is 0.358 e. The molecule has 3 rings (SSSR count). The molecule has 0 spiro atoms. The standard InChI is InChI=1S/C21H19N3O4S/c1-13-6-8-15(9-7-13)20-24-18(12-29-20)21(27)28-11-19(26)23-17-5-3-4-16(10-17)22-14(2)25/h3-10,12H,11H2,1-2H3,(H,22,25)(H,23,26). The van der Waals surface area contributed by atoms with Gasteiger partial charge in [-0.25, -0.2) is 9.78 Å². The van der Waals surface area contributed by atoms with Gasteiger partial charge in [-0.1, -0.05) is 35.9 Å². The first-order chi connectivity index (χ1) is 13.9. The molecule has 148 valence electrons. The zero-order valence-electron chi connectivity index (χ0n) is 15.9. The van der Waals surface area contributed by atoms with Gasteiger partial charge in [-0.2, -0.15) is 0 Å². The number of benzene rings is 2. The molecule has 0 saturated carbocycles. The second kappa shape index (κ2) is 9.11. The molecule has 0 unspecified atom stereocenters. The third-order valence-electron chi connectivity index (χ3n) is 3.81. The Labute approximate surface area is 171 Å². The van der Waals surface area contributed by atoms with E-state index in [9.17, 15) is 14.4 Å². The van der Waals surface area contributed by atoms with Gasteiger partial charge in [0.1, 0.15) is 5.01 Å². The lowest BCUT2D eigenvalue weighted by atomic mass is 10.2. The van der Waals surface area contributed by atoms with Crippen molar-refractivity contribution in [3.8, 4) is 10.6 Å². The van der Waals surface area contributed by atoms with Gasteiger partial charge in [0.2, 0.25) is 5.91 Å². The summed E-state index contributed by atoms with van der Waals surface area (Å²) in [5.41, 5.74) is 3.24. The van der Waals surface area contributed by atoms with Gasteiger partial charge in [0, 0.05) is 29.2 Å². The molecule has 2 amide bonds. The fourth-order valence-corrected chi connectivity index (χ4v) is 3.27. The van der Waals surface area contributed by atoms with Crippen LogP contribution in [-0.4, -0.2) is 29.4 Å². The Morgan fingerprint density at radius 2 is 1.72 bits per heavy atom. The van der Waals surface area contributed by atoms with Gasteiger partial charge in [-0.3, -0.25) is 9.59 Å². The minimum atomic E-state index is -0.665. The maximum atomic E-state index is 12.2. The highest BCUT2D eigenvalue weighted by Gasteiger charge is 2.15. The van der Waals surface area contributed by atoms with Gasteiger partial charge in [-0.15, -0.1) is 11.3 Å². The summed E-state index contributed by atoms with van der Waals surface area (Å²) in [6.07, 6.45) is 0. The summed E-state index contributed by atoms with van der Waals surface area (Å²) in [5, 5.41) is 7.55. The van der Waals surface area contributed by atoms with E-state index in [2.05, 4.69) is 15.6 Å². The van der Waals surface area contributed by atoms with Crippen molar-refractivity contribution in [3.05, 3.63) is 65.2 Å². The maximum absolute atomic E-state index is 12.2. The normalized spacial score (nSPS) is 10.3. The number of hydrogen-bond acceptors (Lipinski definition) is 6. The molecule has 7 nitrogen and oxygen atoms in total. The number of nitrogens with one attached hydrogen (secondary N) is 2. The molecular formula is C21H19N3O4S. The molecule has 0 fully saturated rings. The molecule has 1 heterocycles. The number of nitrogens with zero attached hydrogens (tertiary/aromatic N) is 1. The number of carbonyl (C=O) groups is 3. The minimum Gasteiger partial charge on any atom is -0.451 e. The van der Waals surface area contributed by atoms with E-state index < -0.39 is 18.5 Å². The number of thiazole rings is 1. The first kappa shape index (κ1) is 20.2. The molecule has 0 saturated heterocycles. The maximum Gasteiger partial charge on any atom is 0.358 e. The number of carbonyl (C=O) groups excluding carboxylic acids is 3. The Bertz CT molecular complexity index is 1040. The molecule has 0 bridgehead atoms. The lowest BCUT2D eigenvalue weighted by Gasteiger charge is -2.08. The van der Waals surface area contributed by atoms with Crippen molar-refractivity contribution in [2.24, 2.45) is 0 Å². The van der Waals surface area contributed by atoms with Crippen LogP contribution in [0.15, 0.2) is 53.9 Å². The van der Waals surface area contributed by atoms with Crippen LogP contribution in [0, 0.1) is 6.92 Å². The highest BCUT2D eigenvalue weighted by molar-refractivity contribution is 7.13. The zero-order chi connectivity index (χ0) is 20.8. The molecule has 1 aromatic heterocycles. The number of aromatic nitrogens is 1. The summed E-state index contributed by atoms with van der Waals surface area (Å²) >= 11 is 1.33. The average molecular weight is 409 g/mol. The van der Waals surface area contributed by atoms with Gasteiger partial charge in [-0.05, 0) is 25.1 Å². The van der Waals surface area contributed by atoms with Crippen molar-refractivity contribution in [2.75, 3.05) is 17.2 Å². The van der Waals surface area contributed by atoms with Crippen LogP contribution < -0.4 is 10.6 Å². The first-order valence-electron chi connectivity index (χ1n) is 8.78. The molecule has 0 atom stereocenters. The van der Waals surface area contributed by atoms with E-state index >= 15 is 0 Å². The number of hydrogen-bond donors (Lipinski definition) is 2. The average Bonchev–Trinajstić information content (AvgIpc) is 3.17. The van der Waals surface area contributed by atoms with Crippen LogP contribution in [0.5, 0.6) is 0 Å². The lowest BCUT2D eigenvalue weighted by molar-refractivity contribution is -0.119. The van der Waals surface area contributed by atoms with Crippen LogP contribution >= 0.6 is 11.3 Å². The summed E-state index contributed by atoms with van der Waals surface area (Å²) in [6.45, 7) is 2.95. The molecule has 0 aliphatic rings. The lowest BCUT2D eigenvalue weighted by Crippen LogP contribution is -2.21. The number of esters is 1. The van der Waals surface area contributed by atoms with E-state index in [1.54, 1.807) is 29.6 Å². The minimum absolute atomic E-state index is 0.158. The SMILES string of the molecule is CC(=O)Nc1cccc(NC(=O)COC(=O)c2csc(-c3ccc(C)cc3)n2)c1. The topological polar surface area (TPSA) is 97.4 Å². The molecule has 8 heteroatoms. The molecule has 2 aromatic carbocycles. The highest BCUT2D eigenvalue weighted by atomic mass is 32.1. The number of amides is 2. The van der Waals surface area contributed by atoms with E-state index in [0.29, 0.717) is 16.4 Å². The Kier molecular flexibility index (Phi) is 6.36. The first-order valence-corrected chi connectivity index (χ1v) is 9.66. The second-order valence-corrected chi connectivity index (χ2v) is 7.15. The van der Waals surface area contributed by atoms with Gasteiger partial charge < -0.3 is 15.4 Å². The van der Waals surface area contributed by atoms with Crippen LogP contribution in [0.2, 0.25) is 0 Å². The third-order valence-corrected chi connectivity index (χ3v) is 4.70. The largest absolute Gasteiger partial charge is 0.451 e. The number of ether oxygens (including phenoxy) is 1. The fourth-order valence-electron chi connectivity index (χ4n) is 2.48. The summed E-state index contributed by atoms with van der Waals surface area (Å²) in [4.78, 5) is 39.6. The monoisotopic (exact) mass is 409 g/mol. The quantitative estimate of drug-likeness (QED) is 0.602. The van der Waals surface area contributed by atoms with Gasteiger partial charge in [0.25, 0.3) is 5.91 Å². The molecule has 0 aliphatic carbocycles. The number of anilines is 2. The van der Waals surface area contributed by atoms with Crippen molar-refractivity contribution in [1.82, 2.24) is 4.98 Å². The Morgan fingerprint density at radius 1 is 1.03 bits per heavy atom. The van der Waals surface area contributed by atoms with E-state index in [4.69, 9.17) is 4.74 Å². The third kappa shape index (κ3) is 5.73. The molecule has 0 radical (unpaired) electrons. The van der Waals surface area contributed by atoms with Crippen LogP contribution in [0.25, 0.3) is 10.6 Å². The summed E-state index contributed by atoms with van der Waals surface area (Å²) in [6, 6.07) is 14.5. The Balaban J connectivity index is 1.55. The van der Waals surface area contributed by atoms with Crippen LogP contribution in [0.3, 0.4) is 0 Å². The summed E-state index contributed by atoms with van der Waals surface area (Å²) in [7, 11) is 0. The van der Waals surface area contributed by atoms with Gasteiger partial charge in [0.05, 0.1) is 0 Å².